The lowest BCUT2D eigenvalue weighted by Crippen LogP contribution is -2.40. The number of nitrogens with one attached hydrogen (secondary N) is 1. The molecule has 0 saturated carbocycles. The van der Waals surface area contributed by atoms with Crippen LogP contribution in [0.2, 0.25) is 10.0 Å². The summed E-state index contributed by atoms with van der Waals surface area (Å²) in [5, 5.41) is 26.5. The van der Waals surface area contributed by atoms with E-state index in [0.29, 0.717) is 16.1 Å². The Morgan fingerprint density at radius 2 is 1.79 bits per heavy atom. The molecular formula is C21H16Cl2N2O2S. The Kier molecular flexibility index (Phi) is 6.65. The molecule has 7 heteroatoms. The summed E-state index contributed by atoms with van der Waals surface area (Å²) < 4.78 is 1.59. The maximum atomic E-state index is 13.3. The van der Waals surface area contributed by atoms with Crippen LogP contribution in [0.3, 0.4) is 0 Å². The smallest absolute Gasteiger partial charge is 0.238 e. The highest BCUT2D eigenvalue weighted by atomic mass is 35.5. The fourth-order valence-corrected chi connectivity index (χ4v) is 3.19. The summed E-state index contributed by atoms with van der Waals surface area (Å²) in [5.74, 6) is -0.327. The molecule has 0 fully saturated rings. The summed E-state index contributed by atoms with van der Waals surface area (Å²) in [7, 11) is 0. The van der Waals surface area contributed by atoms with E-state index in [2.05, 4.69) is 5.32 Å². The monoisotopic (exact) mass is 430 g/mol. The van der Waals surface area contributed by atoms with Gasteiger partial charge in [-0.05, 0) is 41.7 Å². The number of hydrogen-bond donors (Lipinski definition) is 2. The second-order valence-electron chi connectivity index (χ2n) is 5.90. The molecule has 0 aliphatic carbocycles. The molecule has 0 radical (unpaired) electrons. The number of benzene rings is 2. The third-order valence-electron chi connectivity index (χ3n) is 3.95. The van der Waals surface area contributed by atoms with Crippen LogP contribution in [0.15, 0.2) is 73.1 Å². The van der Waals surface area contributed by atoms with Crippen molar-refractivity contribution < 1.29 is 14.8 Å². The predicted octanol–water partition coefficient (Wildman–Crippen LogP) is 3.90. The molecule has 3 aromatic rings. The molecule has 1 heterocycles. The largest absolute Gasteiger partial charge is 0.867 e. The lowest BCUT2D eigenvalue weighted by atomic mass is 10.1. The minimum atomic E-state index is -0.327. The van der Waals surface area contributed by atoms with Crippen LogP contribution in [-0.4, -0.2) is 10.1 Å². The van der Waals surface area contributed by atoms with Gasteiger partial charge in [0.05, 0.1) is 16.7 Å². The molecular weight excluding hydrogens is 415 g/mol. The maximum Gasteiger partial charge on any atom is 0.238 e. The van der Waals surface area contributed by atoms with Gasteiger partial charge in [-0.3, -0.25) is 0 Å². The van der Waals surface area contributed by atoms with Gasteiger partial charge in [0.25, 0.3) is 0 Å². The van der Waals surface area contributed by atoms with Crippen molar-refractivity contribution in [2.75, 3.05) is 5.32 Å². The van der Waals surface area contributed by atoms with Crippen LogP contribution in [-0.2, 0) is 6.61 Å². The number of halogens is 2. The third kappa shape index (κ3) is 4.69. The van der Waals surface area contributed by atoms with E-state index in [0.717, 1.165) is 5.69 Å². The molecule has 3 rings (SSSR count). The van der Waals surface area contributed by atoms with E-state index < -0.39 is 0 Å². The fourth-order valence-electron chi connectivity index (χ4n) is 2.58. The number of thiocarbonyl (C=S) groups is 1. The van der Waals surface area contributed by atoms with Crippen molar-refractivity contribution in [3.05, 3.63) is 94.2 Å². The van der Waals surface area contributed by atoms with Gasteiger partial charge in [0.15, 0.2) is 17.4 Å². The topological polar surface area (TPSA) is 59.2 Å². The lowest BCUT2D eigenvalue weighted by Gasteiger charge is -2.17. The van der Waals surface area contributed by atoms with Crippen LogP contribution < -0.4 is 15.0 Å². The summed E-state index contributed by atoms with van der Waals surface area (Å²) in [6, 6.07) is 17.5. The molecule has 0 saturated heterocycles. The summed E-state index contributed by atoms with van der Waals surface area (Å²) in [4.78, 5) is 0.238. The Hall–Kier alpha value is -2.44. The van der Waals surface area contributed by atoms with E-state index in [1.54, 1.807) is 41.2 Å². The molecule has 0 amide bonds. The summed E-state index contributed by atoms with van der Waals surface area (Å²) in [6.45, 7) is -0.159. The summed E-state index contributed by atoms with van der Waals surface area (Å²) in [6.07, 6.45) is 3.35. The quantitative estimate of drug-likeness (QED) is 0.279. The molecule has 2 aromatic carbocycles. The van der Waals surface area contributed by atoms with E-state index >= 15 is 0 Å². The van der Waals surface area contributed by atoms with E-state index in [1.165, 1.54) is 6.07 Å². The molecule has 0 aliphatic heterocycles. The molecule has 4 nitrogen and oxygen atoms in total. The number of hydrogen-bond acceptors (Lipinski definition) is 3. The number of aromatic nitrogens is 1. The average Bonchev–Trinajstić information content (AvgIpc) is 2.71. The van der Waals surface area contributed by atoms with Crippen LogP contribution in [0.25, 0.3) is 11.5 Å². The molecule has 28 heavy (non-hydrogen) atoms. The van der Waals surface area contributed by atoms with Crippen LogP contribution in [0.1, 0.15) is 11.1 Å². The van der Waals surface area contributed by atoms with Crippen LogP contribution in [0.4, 0.5) is 5.69 Å². The van der Waals surface area contributed by atoms with Gasteiger partial charge in [0.2, 0.25) is 5.70 Å². The van der Waals surface area contributed by atoms with Crippen molar-refractivity contribution in [2.45, 2.75) is 6.61 Å². The predicted molar refractivity (Wildman–Crippen MR) is 115 cm³/mol. The normalized spacial score (nSPS) is 11.7. The molecule has 142 valence electrons. The SMILES string of the molecule is [O-]/C(=C(\C(=S)Nc1ccccc1)[n+]1cccc(CO)c1)c1ccc(Cl)c(Cl)c1. The van der Waals surface area contributed by atoms with Gasteiger partial charge in [-0.2, -0.15) is 4.57 Å². The van der Waals surface area contributed by atoms with Crippen molar-refractivity contribution in [3.63, 3.8) is 0 Å². The molecule has 1 aromatic heterocycles. The summed E-state index contributed by atoms with van der Waals surface area (Å²) >= 11 is 17.6. The average molecular weight is 431 g/mol. The molecule has 0 unspecified atom stereocenters. The van der Waals surface area contributed by atoms with Gasteiger partial charge in [0.1, 0.15) is 0 Å². The van der Waals surface area contributed by atoms with Crippen molar-refractivity contribution in [1.82, 2.24) is 0 Å². The third-order valence-corrected chi connectivity index (χ3v) is 4.98. The van der Waals surface area contributed by atoms with Crippen molar-refractivity contribution in [2.24, 2.45) is 0 Å². The Labute approximate surface area is 178 Å². The van der Waals surface area contributed by atoms with Gasteiger partial charge >= 0.3 is 0 Å². The number of para-hydroxylation sites is 1. The molecule has 0 bridgehead atoms. The van der Waals surface area contributed by atoms with E-state index in [1.807, 2.05) is 30.3 Å². The van der Waals surface area contributed by atoms with Gasteiger partial charge in [-0.1, -0.05) is 59.7 Å². The minimum Gasteiger partial charge on any atom is -0.867 e. The molecule has 0 aliphatic rings. The zero-order valence-corrected chi connectivity index (χ0v) is 16.9. The van der Waals surface area contributed by atoms with Crippen LogP contribution in [0.5, 0.6) is 0 Å². The first-order valence-corrected chi connectivity index (χ1v) is 9.50. The minimum absolute atomic E-state index is 0.159. The highest BCUT2D eigenvalue weighted by Crippen LogP contribution is 2.26. The first kappa shape index (κ1) is 20.3. The number of rotatable bonds is 5. The van der Waals surface area contributed by atoms with Gasteiger partial charge < -0.3 is 15.5 Å². The lowest BCUT2D eigenvalue weighted by molar-refractivity contribution is -0.578. The van der Waals surface area contributed by atoms with E-state index in [-0.39, 0.29) is 28.1 Å². The van der Waals surface area contributed by atoms with E-state index in [4.69, 9.17) is 35.4 Å². The number of aliphatic hydroxyl groups excluding tert-OH is 1. The maximum absolute atomic E-state index is 13.3. The Morgan fingerprint density at radius 1 is 1.04 bits per heavy atom. The van der Waals surface area contributed by atoms with Gasteiger partial charge in [-0.25, -0.2) is 0 Å². The van der Waals surface area contributed by atoms with Crippen molar-refractivity contribution in [1.29, 1.82) is 0 Å². The van der Waals surface area contributed by atoms with Gasteiger partial charge in [0, 0.05) is 17.3 Å². The van der Waals surface area contributed by atoms with Crippen molar-refractivity contribution in [3.8, 4) is 0 Å². The number of nitrogens with zero attached hydrogens (tertiary/aromatic N) is 1. The Balaban J connectivity index is 2.12. The second-order valence-corrected chi connectivity index (χ2v) is 7.13. The first-order valence-electron chi connectivity index (χ1n) is 8.34. The fraction of sp³-hybridized carbons (Fsp3) is 0.0476. The van der Waals surface area contributed by atoms with Crippen LogP contribution >= 0.6 is 35.4 Å². The number of anilines is 1. The van der Waals surface area contributed by atoms with Crippen LogP contribution in [0, 0.1) is 0 Å². The highest BCUT2D eigenvalue weighted by molar-refractivity contribution is 7.81. The molecule has 0 spiro atoms. The van der Waals surface area contributed by atoms with Crippen molar-refractivity contribution >= 4 is 57.6 Å². The number of pyridine rings is 1. The Bertz CT molecular complexity index is 1040. The number of aliphatic hydroxyl groups is 1. The van der Waals surface area contributed by atoms with Gasteiger partial charge in [-0.15, -0.1) is 0 Å². The first-order chi connectivity index (χ1) is 13.5. The Morgan fingerprint density at radius 3 is 2.46 bits per heavy atom. The van der Waals surface area contributed by atoms with E-state index in [9.17, 15) is 10.2 Å². The zero-order valence-electron chi connectivity index (χ0n) is 14.6. The molecule has 2 N–H and O–H groups in total. The highest BCUT2D eigenvalue weighted by Gasteiger charge is 2.20. The second kappa shape index (κ2) is 9.17. The zero-order chi connectivity index (χ0) is 20.1. The summed E-state index contributed by atoms with van der Waals surface area (Å²) in [5.41, 5.74) is 1.98. The molecule has 0 atom stereocenters. The standard InChI is InChI=1S/C21H16Cl2N2O2S/c22-17-9-8-15(11-18(17)23)20(27)19(25-10-4-5-14(12-25)13-26)21(28)24-16-6-2-1-3-7-16/h1-12,26H,13H2,(H-,24,27,28).